The molecule has 1 saturated heterocycles. The molecule has 3 atom stereocenters. The third-order valence-electron chi connectivity index (χ3n) is 9.49. The van der Waals surface area contributed by atoms with E-state index in [1.165, 1.54) is 6.07 Å². The summed E-state index contributed by atoms with van der Waals surface area (Å²) in [5.74, 6) is -1.36. The van der Waals surface area contributed by atoms with Gasteiger partial charge in [0.05, 0.1) is 11.5 Å². The molecule has 3 unspecified atom stereocenters. The number of amides is 2. The lowest BCUT2D eigenvalue weighted by Gasteiger charge is -2.40. The summed E-state index contributed by atoms with van der Waals surface area (Å²) in [5, 5.41) is 3.05. The van der Waals surface area contributed by atoms with E-state index in [0.29, 0.717) is 35.7 Å². The third kappa shape index (κ3) is 10.5. The quantitative estimate of drug-likeness (QED) is 0.130. The van der Waals surface area contributed by atoms with Gasteiger partial charge in [0.2, 0.25) is 0 Å². The monoisotopic (exact) mass is 761 g/mol. The average molecular weight is 762 g/mol. The van der Waals surface area contributed by atoms with Crippen LogP contribution < -0.4 is 5.32 Å². The molecule has 0 radical (unpaired) electrons. The molecule has 10 heteroatoms. The molecule has 1 aliphatic rings. The predicted molar refractivity (Wildman–Crippen MR) is 214 cm³/mol. The van der Waals surface area contributed by atoms with E-state index < -0.39 is 52.5 Å². The lowest BCUT2D eigenvalue weighted by atomic mass is 9.86. The third-order valence-corrected chi connectivity index (χ3v) is 11.1. The van der Waals surface area contributed by atoms with Crippen LogP contribution in [0.2, 0.25) is 0 Å². The fraction of sp³-hybridized carbons (Fsp3) is 0.289. The minimum Gasteiger partial charge on any atom is -0.444 e. The predicted octanol–water partition coefficient (Wildman–Crippen LogP) is 8.76. The van der Waals surface area contributed by atoms with Crippen LogP contribution in [0.3, 0.4) is 0 Å². The number of rotatable bonds is 13. The minimum atomic E-state index is -1.52. The Morgan fingerprint density at radius 2 is 1.38 bits per heavy atom. The first kappa shape index (κ1) is 39.5. The second-order valence-electron chi connectivity index (χ2n) is 14.6. The van der Waals surface area contributed by atoms with E-state index in [1.54, 1.807) is 17.0 Å². The van der Waals surface area contributed by atoms with Gasteiger partial charge in [-0.3, -0.25) is 4.79 Å². The number of carbonyl (C=O) groups is 2. The average Bonchev–Trinajstić information content (AvgIpc) is 3.19. The Labute approximate surface area is 325 Å². The SMILES string of the molecule is CC(C)(C)OC(=O)N1CCN(S(=O)c2ccccc2)C(CCc2c(F)cccc2NC(=O)C(OCc2ccccc2)C(c2ccccc2)c2ccccc2)C1. The van der Waals surface area contributed by atoms with E-state index in [-0.39, 0.29) is 19.6 Å². The maximum Gasteiger partial charge on any atom is 0.410 e. The molecule has 0 bridgehead atoms. The van der Waals surface area contributed by atoms with Crippen LogP contribution in [0.4, 0.5) is 14.9 Å². The first-order valence-corrected chi connectivity index (χ1v) is 19.7. The number of ether oxygens (including phenoxy) is 2. The van der Waals surface area contributed by atoms with Crippen LogP contribution >= 0.6 is 0 Å². The maximum absolute atomic E-state index is 15.9. The second kappa shape index (κ2) is 18.4. The Morgan fingerprint density at radius 3 is 1.98 bits per heavy atom. The van der Waals surface area contributed by atoms with Crippen molar-refractivity contribution in [3.63, 3.8) is 0 Å². The molecule has 286 valence electrons. The van der Waals surface area contributed by atoms with Crippen LogP contribution in [0.15, 0.2) is 144 Å². The van der Waals surface area contributed by atoms with Crippen LogP contribution in [-0.4, -0.2) is 62.8 Å². The van der Waals surface area contributed by atoms with E-state index in [0.717, 1.165) is 16.7 Å². The molecule has 0 aliphatic carbocycles. The lowest BCUT2D eigenvalue weighted by molar-refractivity contribution is -0.129. The zero-order valence-corrected chi connectivity index (χ0v) is 32.3. The van der Waals surface area contributed by atoms with Crippen molar-refractivity contribution < 1.29 is 27.7 Å². The van der Waals surface area contributed by atoms with Gasteiger partial charge in [0, 0.05) is 42.8 Å². The van der Waals surface area contributed by atoms with Crippen molar-refractivity contribution in [2.45, 2.75) is 68.8 Å². The maximum atomic E-state index is 15.9. The van der Waals surface area contributed by atoms with E-state index in [9.17, 15) is 13.8 Å². The first-order chi connectivity index (χ1) is 26.6. The standard InChI is InChI=1S/C45H48FN3O5S/c1-45(2,3)54-44(51)48-29-30-49(55(52)37-23-14-7-15-24-37)36(31-48)27-28-38-39(46)25-16-26-40(38)47-43(50)42(53-32-33-17-8-4-9-18-33)41(34-19-10-5-11-20-34)35-21-12-6-13-22-35/h4-26,36,41-42H,27-32H2,1-3H3,(H,47,50). The lowest BCUT2D eigenvalue weighted by Crippen LogP contribution is -2.55. The normalized spacial score (nSPS) is 16.0. The zero-order chi connectivity index (χ0) is 38.8. The molecule has 2 amide bonds. The van der Waals surface area contributed by atoms with Gasteiger partial charge in [-0.15, -0.1) is 0 Å². The Hall–Kier alpha value is -5.16. The molecule has 6 rings (SSSR count). The van der Waals surface area contributed by atoms with Gasteiger partial charge in [-0.25, -0.2) is 17.7 Å². The highest BCUT2D eigenvalue weighted by molar-refractivity contribution is 7.82. The highest BCUT2D eigenvalue weighted by Crippen LogP contribution is 2.33. The fourth-order valence-corrected chi connectivity index (χ4v) is 8.20. The molecular formula is C45H48FN3O5S. The molecule has 1 aliphatic heterocycles. The molecule has 0 spiro atoms. The Morgan fingerprint density at radius 1 is 0.800 bits per heavy atom. The van der Waals surface area contributed by atoms with Crippen molar-refractivity contribution in [1.29, 1.82) is 0 Å². The van der Waals surface area contributed by atoms with Crippen molar-refractivity contribution in [2.75, 3.05) is 25.0 Å². The van der Waals surface area contributed by atoms with E-state index in [2.05, 4.69) is 5.32 Å². The molecule has 0 saturated carbocycles. The van der Waals surface area contributed by atoms with Crippen molar-refractivity contribution in [3.05, 3.63) is 168 Å². The Bertz CT molecular complexity index is 1990. The molecule has 1 N–H and O–H groups in total. The Balaban J connectivity index is 1.28. The van der Waals surface area contributed by atoms with Crippen LogP contribution in [0.1, 0.15) is 55.4 Å². The van der Waals surface area contributed by atoms with Gasteiger partial charge in [0.25, 0.3) is 5.91 Å². The molecule has 5 aromatic carbocycles. The van der Waals surface area contributed by atoms with Gasteiger partial charge in [-0.1, -0.05) is 115 Å². The summed E-state index contributed by atoms with van der Waals surface area (Å²) in [4.78, 5) is 30.0. The summed E-state index contributed by atoms with van der Waals surface area (Å²) in [6, 6.07) is 42.6. The summed E-state index contributed by atoms with van der Waals surface area (Å²) in [6.45, 7) is 6.55. The smallest absolute Gasteiger partial charge is 0.410 e. The highest BCUT2D eigenvalue weighted by Gasteiger charge is 2.36. The van der Waals surface area contributed by atoms with Crippen molar-refractivity contribution in [1.82, 2.24) is 9.21 Å². The Kier molecular flexibility index (Phi) is 13.3. The number of nitrogens with zero attached hydrogens (tertiary/aromatic N) is 2. The van der Waals surface area contributed by atoms with Gasteiger partial charge >= 0.3 is 6.09 Å². The van der Waals surface area contributed by atoms with Gasteiger partial charge in [0.15, 0.2) is 0 Å². The largest absolute Gasteiger partial charge is 0.444 e. The number of hydrogen-bond donors (Lipinski definition) is 1. The molecule has 5 aromatic rings. The van der Waals surface area contributed by atoms with E-state index >= 15 is 4.39 Å². The number of halogens is 1. The van der Waals surface area contributed by atoms with Crippen molar-refractivity contribution in [3.8, 4) is 0 Å². The van der Waals surface area contributed by atoms with Gasteiger partial charge in [-0.05, 0) is 74.6 Å². The van der Waals surface area contributed by atoms with E-state index in [4.69, 9.17) is 9.47 Å². The topological polar surface area (TPSA) is 88.2 Å². The molecule has 1 fully saturated rings. The summed E-state index contributed by atoms with van der Waals surface area (Å²) in [5.41, 5.74) is 2.68. The second-order valence-corrected chi connectivity index (χ2v) is 16.0. The molecule has 0 aromatic heterocycles. The number of benzene rings is 5. The number of hydrogen-bond acceptors (Lipinski definition) is 5. The zero-order valence-electron chi connectivity index (χ0n) is 31.5. The van der Waals surface area contributed by atoms with Crippen molar-refractivity contribution in [2.24, 2.45) is 0 Å². The molecule has 8 nitrogen and oxygen atoms in total. The van der Waals surface area contributed by atoms with Crippen molar-refractivity contribution >= 4 is 28.7 Å². The summed E-state index contributed by atoms with van der Waals surface area (Å²) < 4.78 is 43.8. The van der Waals surface area contributed by atoms with Gasteiger partial charge < -0.3 is 19.7 Å². The number of anilines is 1. The van der Waals surface area contributed by atoms with Crippen LogP contribution in [0.25, 0.3) is 0 Å². The number of piperazine rings is 1. The minimum absolute atomic E-state index is 0.190. The summed E-state index contributed by atoms with van der Waals surface area (Å²) in [6.07, 6.45) is -0.875. The van der Waals surface area contributed by atoms with Crippen LogP contribution in [0, 0.1) is 5.82 Å². The fourth-order valence-electron chi connectivity index (χ4n) is 6.85. The van der Waals surface area contributed by atoms with E-state index in [1.807, 2.05) is 146 Å². The summed E-state index contributed by atoms with van der Waals surface area (Å²) >= 11 is 0. The van der Waals surface area contributed by atoms with Gasteiger partial charge in [-0.2, -0.15) is 0 Å². The van der Waals surface area contributed by atoms with Crippen LogP contribution in [-0.2, 0) is 38.3 Å². The highest BCUT2D eigenvalue weighted by atomic mass is 32.2. The first-order valence-electron chi connectivity index (χ1n) is 18.6. The molecular weight excluding hydrogens is 714 g/mol. The number of nitrogens with one attached hydrogen (secondary N) is 1. The molecule has 55 heavy (non-hydrogen) atoms. The van der Waals surface area contributed by atoms with Crippen LogP contribution in [0.5, 0.6) is 0 Å². The summed E-state index contributed by atoms with van der Waals surface area (Å²) in [7, 11) is -1.52. The number of carbonyl (C=O) groups excluding carboxylic acids is 2. The molecule has 1 heterocycles. The van der Waals surface area contributed by atoms with Gasteiger partial charge in [0.1, 0.15) is 28.5 Å².